The van der Waals surface area contributed by atoms with Crippen molar-refractivity contribution < 1.29 is 14.4 Å². The molecule has 1 aliphatic heterocycles. The molecule has 0 aromatic heterocycles. The third kappa shape index (κ3) is 2.24. The van der Waals surface area contributed by atoms with E-state index >= 15 is 0 Å². The first kappa shape index (κ1) is 14.3. The third-order valence-electron chi connectivity index (χ3n) is 3.83. The molecule has 1 heterocycles. The minimum atomic E-state index is -0.283. The minimum absolute atomic E-state index is 0.167. The van der Waals surface area contributed by atoms with Crippen LogP contribution in [-0.2, 0) is 4.79 Å². The fourth-order valence-corrected chi connectivity index (χ4v) is 2.78. The summed E-state index contributed by atoms with van der Waals surface area (Å²) < 4.78 is 0. The highest BCUT2D eigenvalue weighted by molar-refractivity contribution is 6.27. The summed E-state index contributed by atoms with van der Waals surface area (Å²) in [6, 6.07) is 6.72. The van der Waals surface area contributed by atoms with Crippen molar-refractivity contribution in [1.82, 2.24) is 10.2 Å². The number of hydrogen-bond donors (Lipinski definition) is 1. The highest BCUT2D eigenvalue weighted by atomic mass is 16.2. The standard InChI is InChI=1S/C17H16N2O3/c1-11(20)19-10-6-2-5-9-18-14-15(19)17(22)13-8-4-3-7-12(13)16(14)21/h2-5,7-8,18H,6,9-10H2,1H3/b5-2-. The number of ketones is 2. The number of hydrogen-bond acceptors (Lipinski definition) is 4. The van der Waals surface area contributed by atoms with E-state index in [1.807, 2.05) is 12.2 Å². The van der Waals surface area contributed by atoms with Crippen LogP contribution in [0, 0.1) is 0 Å². The fourth-order valence-electron chi connectivity index (χ4n) is 2.78. The SMILES string of the molecule is CC(=O)N1CC/C=C\CNC2=C1C(=O)c1ccccc1C2=O. The van der Waals surface area contributed by atoms with Gasteiger partial charge in [0.15, 0.2) is 0 Å². The lowest BCUT2D eigenvalue weighted by molar-refractivity contribution is -0.126. The van der Waals surface area contributed by atoms with Crippen molar-refractivity contribution in [2.75, 3.05) is 13.1 Å². The summed E-state index contributed by atoms with van der Waals surface area (Å²) in [6.45, 7) is 2.24. The smallest absolute Gasteiger partial charge is 0.224 e. The third-order valence-corrected chi connectivity index (χ3v) is 3.83. The average molecular weight is 296 g/mol. The van der Waals surface area contributed by atoms with Gasteiger partial charge in [-0.3, -0.25) is 14.4 Å². The Morgan fingerprint density at radius 1 is 1.09 bits per heavy atom. The first-order valence-corrected chi connectivity index (χ1v) is 7.21. The van der Waals surface area contributed by atoms with Gasteiger partial charge >= 0.3 is 0 Å². The van der Waals surface area contributed by atoms with Crippen molar-refractivity contribution in [2.45, 2.75) is 13.3 Å². The van der Waals surface area contributed by atoms with Gasteiger partial charge < -0.3 is 10.2 Å². The maximum Gasteiger partial charge on any atom is 0.224 e. The van der Waals surface area contributed by atoms with Gasteiger partial charge in [0, 0.05) is 31.1 Å². The summed E-state index contributed by atoms with van der Waals surface area (Å²) >= 11 is 0. The molecule has 0 unspecified atom stereocenters. The zero-order valence-corrected chi connectivity index (χ0v) is 12.3. The van der Waals surface area contributed by atoms with Crippen LogP contribution in [0.4, 0.5) is 0 Å². The van der Waals surface area contributed by atoms with Crippen LogP contribution in [0.2, 0.25) is 0 Å². The van der Waals surface area contributed by atoms with Gasteiger partial charge in [0.25, 0.3) is 0 Å². The first-order valence-electron chi connectivity index (χ1n) is 7.21. The van der Waals surface area contributed by atoms with E-state index in [0.29, 0.717) is 30.6 Å². The highest BCUT2D eigenvalue weighted by Crippen LogP contribution is 2.28. The number of Topliss-reactive ketones (excluding diaryl/α,β-unsaturated/α-hetero) is 2. The maximum absolute atomic E-state index is 12.8. The van der Waals surface area contributed by atoms with E-state index in [1.54, 1.807) is 24.3 Å². The molecule has 0 saturated carbocycles. The number of nitrogens with one attached hydrogen (secondary N) is 1. The summed E-state index contributed by atoms with van der Waals surface area (Å²) in [5.41, 5.74) is 1.11. The van der Waals surface area contributed by atoms with Crippen molar-refractivity contribution in [1.29, 1.82) is 0 Å². The molecule has 112 valence electrons. The fraction of sp³-hybridized carbons (Fsp3) is 0.235. The lowest BCUT2D eigenvalue weighted by Crippen LogP contribution is -2.40. The monoisotopic (exact) mass is 296 g/mol. The van der Waals surface area contributed by atoms with Crippen LogP contribution in [0.15, 0.2) is 47.8 Å². The average Bonchev–Trinajstić information content (AvgIpc) is 2.62. The summed E-state index contributed by atoms with van der Waals surface area (Å²) in [5, 5.41) is 3.00. The van der Waals surface area contributed by atoms with Gasteiger partial charge in [-0.1, -0.05) is 36.4 Å². The summed E-state index contributed by atoms with van der Waals surface area (Å²) in [4.78, 5) is 38.9. The van der Waals surface area contributed by atoms with Crippen LogP contribution in [-0.4, -0.2) is 35.5 Å². The molecule has 3 rings (SSSR count). The summed E-state index contributed by atoms with van der Waals surface area (Å²) in [6.07, 6.45) is 4.47. The van der Waals surface area contributed by atoms with Crippen LogP contribution < -0.4 is 5.32 Å². The Morgan fingerprint density at radius 3 is 2.45 bits per heavy atom. The highest BCUT2D eigenvalue weighted by Gasteiger charge is 2.36. The van der Waals surface area contributed by atoms with E-state index in [9.17, 15) is 14.4 Å². The Bertz CT molecular complexity index is 731. The van der Waals surface area contributed by atoms with Crippen LogP contribution >= 0.6 is 0 Å². The number of carbonyl (C=O) groups is 3. The minimum Gasteiger partial charge on any atom is -0.377 e. The molecule has 1 aliphatic carbocycles. The molecule has 5 heteroatoms. The molecule has 2 aliphatic rings. The zero-order chi connectivity index (χ0) is 15.7. The van der Waals surface area contributed by atoms with Gasteiger partial charge in [-0.25, -0.2) is 0 Å². The van der Waals surface area contributed by atoms with Crippen molar-refractivity contribution in [3.8, 4) is 0 Å². The number of rotatable bonds is 0. The Morgan fingerprint density at radius 2 is 1.77 bits per heavy atom. The molecule has 0 fully saturated rings. The molecule has 0 spiro atoms. The lowest BCUT2D eigenvalue weighted by atomic mass is 9.89. The van der Waals surface area contributed by atoms with Crippen LogP contribution in [0.3, 0.4) is 0 Å². The van der Waals surface area contributed by atoms with Crippen LogP contribution in [0.5, 0.6) is 0 Å². The van der Waals surface area contributed by atoms with E-state index in [0.717, 1.165) is 0 Å². The topological polar surface area (TPSA) is 66.5 Å². The van der Waals surface area contributed by atoms with Gasteiger partial charge in [0.1, 0.15) is 11.4 Å². The van der Waals surface area contributed by atoms with E-state index in [-0.39, 0.29) is 28.9 Å². The molecule has 0 radical (unpaired) electrons. The molecule has 0 saturated heterocycles. The normalized spacial score (nSPS) is 19.4. The first-order chi connectivity index (χ1) is 10.6. The zero-order valence-electron chi connectivity index (χ0n) is 12.3. The van der Waals surface area contributed by atoms with E-state index in [1.165, 1.54) is 11.8 Å². The predicted molar refractivity (Wildman–Crippen MR) is 81.3 cm³/mol. The number of allylic oxidation sites excluding steroid dienone is 2. The van der Waals surface area contributed by atoms with Crippen molar-refractivity contribution >= 4 is 17.5 Å². The quantitative estimate of drug-likeness (QED) is 0.740. The summed E-state index contributed by atoms with van der Waals surface area (Å²) in [5.74, 6) is -0.772. The largest absolute Gasteiger partial charge is 0.377 e. The Labute approximate surface area is 128 Å². The van der Waals surface area contributed by atoms with Crippen molar-refractivity contribution in [2.24, 2.45) is 0 Å². The number of nitrogens with zero attached hydrogens (tertiary/aromatic N) is 1. The van der Waals surface area contributed by atoms with E-state index in [4.69, 9.17) is 0 Å². The number of fused-ring (bicyclic) bond motifs is 1. The predicted octanol–water partition coefficient (Wildman–Crippen LogP) is 1.68. The van der Waals surface area contributed by atoms with Crippen molar-refractivity contribution in [3.63, 3.8) is 0 Å². The second kappa shape index (κ2) is 5.60. The van der Waals surface area contributed by atoms with E-state index < -0.39 is 0 Å². The molecule has 1 aromatic rings. The molecule has 0 atom stereocenters. The number of benzene rings is 1. The molecule has 5 nitrogen and oxygen atoms in total. The van der Waals surface area contributed by atoms with Gasteiger partial charge in [-0.15, -0.1) is 0 Å². The lowest BCUT2D eigenvalue weighted by Gasteiger charge is -2.28. The molecule has 1 aromatic carbocycles. The second-order valence-electron chi connectivity index (χ2n) is 5.24. The second-order valence-corrected chi connectivity index (χ2v) is 5.24. The molecule has 0 bridgehead atoms. The molecule has 1 N–H and O–H groups in total. The van der Waals surface area contributed by atoms with E-state index in [2.05, 4.69) is 5.32 Å². The number of carbonyl (C=O) groups excluding carboxylic acids is 3. The van der Waals surface area contributed by atoms with Crippen molar-refractivity contribution in [3.05, 3.63) is 58.9 Å². The molecular weight excluding hydrogens is 280 g/mol. The molecule has 1 amide bonds. The maximum atomic E-state index is 12.8. The Balaban J connectivity index is 2.19. The van der Waals surface area contributed by atoms with Crippen LogP contribution in [0.25, 0.3) is 0 Å². The van der Waals surface area contributed by atoms with Gasteiger partial charge in [0.2, 0.25) is 17.5 Å². The van der Waals surface area contributed by atoms with Gasteiger partial charge in [-0.05, 0) is 6.42 Å². The molecular formula is C17H16N2O3. The Kier molecular flexibility index (Phi) is 3.63. The number of amides is 1. The molecule has 22 heavy (non-hydrogen) atoms. The van der Waals surface area contributed by atoms with Gasteiger partial charge in [0.05, 0.1) is 0 Å². The summed E-state index contributed by atoms with van der Waals surface area (Å²) in [7, 11) is 0. The Hall–Kier alpha value is -2.69. The van der Waals surface area contributed by atoms with Gasteiger partial charge in [-0.2, -0.15) is 0 Å². The van der Waals surface area contributed by atoms with Crippen LogP contribution in [0.1, 0.15) is 34.1 Å².